The summed E-state index contributed by atoms with van der Waals surface area (Å²) < 4.78 is 2.13. The van der Waals surface area contributed by atoms with Gasteiger partial charge in [-0.2, -0.15) is 0 Å². The minimum Gasteiger partial charge on any atom is -0.253 e. The van der Waals surface area contributed by atoms with Crippen molar-refractivity contribution in [3.8, 4) is 0 Å². The Morgan fingerprint density at radius 3 is 3.00 bits per heavy atom. The zero-order chi connectivity index (χ0) is 11.1. The molecular formula is C13H23NS. The Balaban J connectivity index is 2.26. The summed E-state index contributed by atoms with van der Waals surface area (Å²) in [7, 11) is 0. The lowest BCUT2D eigenvalue weighted by Crippen LogP contribution is -2.16. The van der Waals surface area contributed by atoms with Crippen LogP contribution in [0.1, 0.15) is 39.5 Å². The average Bonchev–Trinajstić information content (AvgIpc) is 2.41. The zero-order valence-electron chi connectivity index (χ0n) is 9.95. The van der Waals surface area contributed by atoms with Gasteiger partial charge in [-0.1, -0.05) is 43.5 Å². The fourth-order valence-corrected chi connectivity index (χ4v) is 2.18. The minimum atomic E-state index is 0.717. The summed E-state index contributed by atoms with van der Waals surface area (Å²) in [6.07, 6.45) is 11.8. The Hall–Kier alpha value is -0.210. The van der Waals surface area contributed by atoms with Crippen LogP contribution < -0.4 is 0 Å². The lowest BCUT2D eigenvalue weighted by molar-refractivity contribution is 0.428. The predicted molar refractivity (Wildman–Crippen MR) is 71.1 cm³/mol. The van der Waals surface area contributed by atoms with Gasteiger partial charge in [0.15, 0.2) is 0 Å². The Morgan fingerprint density at radius 1 is 1.47 bits per heavy atom. The van der Waals surface area contributed by atoms with Crippen LogP contribution in [0.3, 0.4) is 0 Å². The van der Waals surface area contributed by atoms with Gasteiger partial charge in [0.05, 0.1) is 0 Å². The summed E-state index contributed by atoms with van der Waals surface area (Å²) in [6, 6.07) is 0. The van der Waals surface area contributed by atoms with E-state index in [-0.39, 0.29) is 0 Å². The molecule has 0 aromatic carbocycles. The minimum absolute atomic E-state index is 0.717. The Morgan fingerprint density at radius 2 is 2.27 bits per heavy atom. The highest BCUT2D eigenvalue weighted by Crippen LogP contribution is 2.19. The van der Waals surface area contributed by atoms with Crippen LogP contribution in [0, 0.1) is 5.92 Å². The van der Waals surface area contributed by atoms with Crippen molar-refractivity contribution in [1.29, 1.82) is 0 Å². The molecule has 1 unspecified atom stereocenters. The zero-order valence-corrected chi connectivity index (χ0v) is 10.8. The van der Waals surface area contributed by atoms with Crippen molar-refractivity contribution < 1.29 is 0 Å². The van der Waals surface area contributed by atoms with Gasteiger partial charge in [-0.05, 0) is 38.5 Å². The molecule has 2 heteroatoms. The first kappa shape index (κ1) is 12.9. The summed E-state index contributed by atoms with van der Waals surface area (Å²) in [5, 5.41) is 0. The molecule has 1 aliphatic rings. The fourth-order valence-electron chi connectivity index (χ4n) is 1.86. The maximum atomic E-state index is 4.45. The largest absolute Gasteiger partial charge is 0.253 e. The molecular weight excluding hydrogens is 202 g/mol. The van der Waals surface area contributed by atoms with Crippen LogP contribution in [0.4, 0.5) is 0 Å². The first-order chi connectivity index (χ1) is 7.22. The van der Waals surface area contributed by atoms with Gasteiger partial charge in [0.1, 0.15) is 0 Å². The standard InChI is InChI=1S/C13H23NS/c1-3-10-14(15)11-9-13-6-4-5-12(2)7-8-13/h4,6-7,13,15H,3,5,8-11H2,1-2H3. The SMILES string of the molecule is CCCN(S)CCC1C=CCC(C)=CC1. The van der Waals surface area contributed by atoms with Crippen molar-refractivity contribution in [3.05, 3.63) is 23.8 Å². The van der Waals surface area contributed by atoms with Crippen molar-refractivity contribution in [2.45, 2.75) is 39.5 Å². The Kier molecular flexibility index (Phi) is 6.11. The second kappa shape index (κ2) is 7.13. The molecule has 1 aliphatic carbocycles. The van der Waals surface area contributed by atoms with E-state index in [1.165, 1.54) is 24.8 Å². The highest BCUT2D eigenvalue weighted by molar-refractivity contribution is 7.77. The summed E-state index contributed by atoms with van der Waals surface area (Å²) in [5.41, 5.74) is 1.50. The van der Waals surface area contributed by atoms with E-state index in [1.807, 2.05) is 0 Å². The molecule has 0 bridgehead atoms. The molecule has 15 heavy (non-hydrogen) atoms. The average molecular weight is 225 g/mol. The second-order valence-electron chi connectivity index (χ2n) is 4.42. The van der Waals surface area contributed by atoms with Gasteiger partial charge >= 0.3 is 0 Å². The molecule has 1 rings (SSSR count). The van der Waals surface area contributed by atoms with Gasteiger partial charge in [-0.15, -0.1) is 0 Å². The quantitative estimate of drug-likeness (QED) is 0.549. The van der Waals surface area contributed by atoms with Gasteiger partial charge in [-0.3, -0.25) is 4.31 Å². The lowest BCUT2D eigenvalue weighted by Gasteiger charge is -2.16. The molecule has 0 saturated heterocycles. The summed E-state index contributed by atoms with van der Waals surface area (Å²) in [4.78, 5) is 0. The first-order valence-electron chi connectivity index (χ1n) is 5.98. The van der Waals surface area contributed by atoms with Crippen LogP contribution in [0.15, 0.2) is 23.8 Å². The van der Waals surface area contributed by atoms with Crippen LogP contribution in [0.2, 0.25) is 0 Å². The number of allylic oxidation sites excluding steroid dienone is 4. The van der Waals surface area contributed by atoms with E-state index in [9.17, 15) is 0 Å². The van der Waals surface area contributed by atoms with Crippen LogP contribution in [0.5, 0.6) is 0 Å². The van der Waals surface area contributed by atoms with Crippen LogP contribution in [-0.2, 0) is 0 Å². The van der Waals surface area contributed by atoms with E-state index in [0.29, 0.717) is 5.92 Å². The molecule has 1 atom stereocenters. The van der Waals surface area contributed by atoms with Gasteiger partial charge < -0.3 is 0 Å². The normalized spacial score (nSPS) is 21.6. The van der Waals surface area contributed by atoms with E-state index < -0.39 is 0 Å². The predicted octanol–water partition coefficient (Wildman–Crippen LogP) is 3.85. The molecule has 0 aromatic heterocycles. The van der Waals surface area contributed by atoms with Gasteiger partial charge in [-0.25, -0.2) is 0 Å². The van der Waals surface area contributed by atoms with Crippen molar-refractivity contribution in [3.63, 3.8) is 0 Å². The number of hydrogen-bond donors (Lipinski definition) is 1. The third-order valence-electron chi connectivity index (χ3n) is 2.86. The smallest absolute Gasteiger partial charge is 0.00927 e. The molecule has 86 valence electrons. The third kappa shape index (κ3) is 5.43. The summed E-state index contributed by atoms with van der Waals surface area (Å²) in [6.45, 7) is 6.60. The van der Waals surface area contributed by atoms with Crippen molar-refractivity contribution >= 4 is 12.8 Å². The molecule has 0 heterocycles. The van der Waals surface area contributed by atoms with Crippen LogP contribution in [-0.4, -0.2) is 17.4 Å². The Labute approximate surface area is 99.8 Å². The molecule has 0 aliphatic heterocycles. The monoisotopic (exact) mass is 225 g/mol. The molecule has 0 aromatic rings. The van der Waals surface area contributed by atoms with Crippen LogP contribution >= 0.6 is 12.8 Å². The molecule has 1 nitrogen and oxygen atoms in total. The van der Waals surface area contributed by atoms with E-state index >= 15 is 0 Å². The highest BCUT2D eigenvalue weighted by Gasteiger charge is 2.07. The topological polar surface area (TPSA) is 3.24 Å². The Bertz CT molecular complexity index is 233. The van der Waals surface area contributed by atoms with Crippen molar-refractivity contribution in [1.82, 2.24) is 4.31 Å². The molecule has 0 saturated carbocycles. The molecule has 0 N–H and O–H groups in total. The van der Waals surface area contributed by atoms with E-state index in [2.05, 4.69) is 49.2 Å². The van der Waals surface area contributed by atoms with Gasteiger partial charge in [0, 0.05) is 13.1 Å². The lowest BCUT2D eigenvalue weighted by atomic mass is 10.0. The van der Waals surface area contributed by atoms with Crippen molar-refractivity contribution in [2.24, 2.45) is 5.92 Å². The summed E-state index contributed by atoms with van der Waals surface area (Å²) in [5.74, 6) is 0.717. The second-order valence-corrected chi connectivity index (χ2v) is 4.99. The van der Waals surface area contributed by atoms with E-state index in [0.717, 1.165) is 19.5 Å². The number of nitrogens with zero attached hydrogens (tertiary/aromatic N) is 1. The molecule has 0 fully saturated rings. The number of thiol groups is 1. The van der Waals surface area contributed by atoms with E-state index in [1.54, 1.807) is 0 Å². The fraction of sp³-hybridized carbons (Fsp3) is 0.692. The maximum Gasteiger partial charge on any atom is 0.00927 e. The van der Waals surface area contributed by atoms with Gasteiger partial charge in [0.2, 0.25) is 0 Å². The molecule has 0 radical (unpaired) electrons. The molecule has 0 spiro atoms. The number of rotatable bonds is 5. The van der Waals surface area contributed by atoms with Crippen molar-refractivity contribution in [2.75, 3.05) is 13.1 Å². The summed E-state index contributed by atoms with van der Waals surface area (Å²) >= 11 is 4.45. The molecule has 0 amide bonds. The van der Waals surface area contributed by atoms with Gasteiger partial charge in [0.25, 0.3) is 0 Å². The first-order valence-corrected chi connectivity index (χ1v) is 6.38. The maximum absolute atomic E-state index is 4.45. The number of hydrogen-bond acceptors (Lipinski definition) is 2. The highest BCUT2D eigenvalue weighted by atomic mass is 32.1. The van der Waals surface area contributed by atoms with Crippen LogP contribution in [0.25, 0.3) is 0 Å². The third-order valence-corrected chi connectivity index (χ3v) is 3.26. The van der Waals surface area contributed by atoms with E-state index in [4.69, 9.17) is 0 Å².